The van der Waals surface area contributed by atoms with Crippen molar-refractivity contribution in [2.75, 3.05) is 0 Å². The summed E-state index contributed by atoms with van der Waals surface area (Å²) in [5.41, 5.74) is 0.641. The number of benzene rings is 1. The van der Waals surface area contributed by atoms with E-state index in [2.05, 4.69) is 6.92 Å². The van der Waals surface area contributed by atoms with Crippen molar-refractivity contribution in [2.45, 2.75) is 44.6 Å². The Labute approximate surface area is 101 Å². The van der Waals surface area contributed by atoms with Crippen molar-refractivity contribution in [1.29, 1.82) is 0 Å². The standard InChI is InChI=1S/C14H18O3/c1-14(8-4-5-9-14)17-12-7-3-2-6-11(12)10-13(15)16/h2-3,6-7H,4-5,8-10H2,1H3,(H,15,16). The molecule has 1 aliphatic carbocycles. The summed E-state index contributed by atoms with van der Waals surface area (Å²) in [4.78, 5) is 10.8. The minimum absolute atomic E-state index is 0.0201. The highest BCUT2D eigenvalue weighted by molar-refractivity contribution is 5.71. The third-order valence-electron chi connectivity index (χ3n) is 3.33. The van der Waals surface area contributed by atoms with Gasteiger partial charge in [0.05, 0.1) is 6.42 Å². The molecule has 1 saturated carbocycles. The predicted molar refractivity (Wildman–Crippen MR) is 65.3 cm³/mol. The molecule has 0 aromatic heterocycles. The zero-order valence-electron chi connectivity index (χ0n) is 10.1. The van der Waals surface area contributed by atoms with Crippen LogP contribution in [0.15, 0.2) is 24.3 Å². The molecule has 0 unspecified atom stereocenters. The number of carbonyl (C=O) groups is 1. The van der Waals surface area contributed by atoms with E-state index >= 15 is 0 Å². The van der Waals surface area contributed by atoms with Gasteiger partial charge in [0.15, 0.2) is 0 Å². The van der Waals surface area contributed by atoms with Gasteiger partial charge in [0.2, 0.25) is 0 Å². The summed E-state index contributed by atoms with van der Waals surface area (Å²) < 4.78 is 6.03. The number of rotatable bonds is 4. The smallest absolute Gasteiger partial charge is 0.307 e. The summed E-state index contributed by atoms with van der Waals surface area (Å²) >= 11 is 0. The van der Waals surface area contributed by atoms with E-state index in [4.69, 9.17) is 9.84 Å². The molecule has 0 aliphatic heterocycles. The number of carboxylic acid groups (broad SMARTS) is 1. The third-order valence-corrected chi connectivity index (χ3v) is 3.33. The van der Waals surface area contributed by atoms with Gasteiger partial charge in [-0.2, -0.15) is 0 Å². The average molecular weight is 234 g/mol. The lowest BCUT2D eigenvalue weighted by Crippen LogP contribution is -2.28. The van der Waals surface area contributed by atoms with Crippen molar-refractivity contribution < 1.29 is 14.6 Å². The second kappa shape index (κ2) is 4.78. The normalized spacial score (nSPS) is 17.9. The van der Waals surface area contributed by atoms with Gasteiger partial charge in [-0.3, -0.25) is 4.79 Å². The molecule has 1 aromatic carbocycles. The van der Waals surface area contributed by atoms with E-state index in [1.54, 1.807) is 0 Å². The maximum Gasteiger partial charge on any atom is 0.307 e. The third kappa shape index (κ3) is 2.99. The van der Waals surface area contributed by atoms with Crippen molar-refractivity contribution in [3.8, 4) is 5.75 Å². The molecule has 3 heteroatoms. The summed E-state index contributed by atoms with van der Waals surface area (Å²) in [5, 5.41) is 8.86. The van der Waals surface area contributed by atoms with Crippen molar-refractivity contribution in [3.63, 3.8) is 0 Å². The molecular weight excluding hydrogens is 216 g/mol. The summed E-state index contributed by atoms with van der Waals surface area (Å²) in [7, 11) is 0. The van der Waals surface area contributed by atoms with Gasteiger partial charge >= 0.3 is 5.97 Å². The highest BCUT2D eigenvalue weighted by atomic mass is 16.5. The van der Waals surface area contributed by atoms with Crippen LogP contribution in [0, 0.1) is 0 Å². The zero-order valence-corrected chi connectivity index (χ0v) is 10.1. The van der Waals surface area contributed by atoms with Gasteiger partial charge in [0.1, 0.15) is 11.4 Å². The van der Waals surface area contributed by atoms with Crippen molar-refractivity contribution in [1.82, 2.24) is 0 Å². The fraction of sp³-hybridized carbons (Fsp3) is 0.500. The first kappa shape index (κ1) is 12.0. The number of ether oxygens (including phenoxy) is 1. The van der Waals surface area contributed by atoms with Crippen molar-refractivity contribution in [2.24, 2.45) is 0 Å². The first-order valence-corrected chi connectivity index (χ1v) is 6.08. The van der Waals surface area contributed by atoms with Gasteiger partial charge in [-0.05, 0) is 38.7 Å². The Balaban J connectivity index is 2.17. The van der Waals surface area contributed by atoms with Crippen LogP contribution in [0.25, 0.3) is 0 Å². The van der Waals surface area contributed by atoms with E-state index in [0.717, 1.165) is 24.2 Å². The Kier molecular flexibility index (Phi) is 3.36. The molecule has 2 rings (SSSR count). The molecule has 0 heterocycles. The summed E-state index contributed by atoms with van der Waals surface area (Å²) in [6.07, 6.45) is 4.50. The predicted octanol–water partition coefficient (Wildman–Crippen LogP) is 3.03. The Morgan fingerprint density at radius 1 is 1.35 bits per heavy atom. The molecule has 0 amide bonds. The maximum atomic E-state index is 10.8. The molecule has 0 spiro atoms. The lowest BCUT2D eigenvalue weighted by atomic mass is 10.0. The van der Waals surface area contributed by atoms with E-state index in [-0.39, 0.29) is 12.0 Å². The zero-order chi connectivity index (χ0) is 12.3. The molecule has 0 bridgehead atoms. The molecule has 1 aromatic rings. The van der Waals surface area contributed by atoms with Crippen LogP contribution in [0.4, 0.5) is 0 Å². The van der Waals surface area contributed by atoms with Gasteiger partial charge in [-0.25, -0.2) is 0 Å². The lowest BCUT2D eigenvalue weighted by Gasteiger charge is -2.26. The Morgan fingerprint density at radius 3 is 2.65 bits per heavy atom. The number of hydrogen-bond acceptors (Lipinski definition) is 2. The van der Waals surface area contributed by atoms with Crippen LogP contribution >= 0.6 is 0 Å². The SMILES string of the molecule is CC1(Oc2ccccc2CC(=O)O)CCCC1. The molecule has 0 atom stereocenters. The van der Waals surface area contributed by atoms with Crippen molar-refractivity contribution >= 4 is 5.97 Å². The van der Waals surface area contributed by atoms with Crippen LogP contribution < -0.4 is 4.74 Å². The largest absolute Gasteiger partial charge is 0.487 e. The molecule has 1 N–H and O–H groups in total. The minimum atomic E-state index is -0.822. The number of hydrogen-bond donors (Lipinski definition) is 1. The Hall–Kier alpha value is -1.51. The minimum Gasteiger partial charge on any atom is -0.487 e. The van der Waals surface area contributed by atoms with Crippen LogP contribution in [0.2, 0.25) is 0 Å². The second-order valence-corrected chi connectivity index (χ2v) is 4.94. The number of aliphatic carboxylic acids is 1. The van der Waals surface area contributed by atoms with Gasteiger partial charge in [-0.15, -0.1) is 0 Å². The molecule has 1 fully saturated rings. The molecular formula is C14H18O3. The molecule has 3 nitrogen and oxygen atoms in total. The lowest BCUT2D eigenvalue weighted by molar-refractivity contribution is -0.136. The molecule has 17 heavy (non-hydrogen) atoms. The second-order valence-electron chi connectivity index (χ2n) is 4.94. The summed E-state index contributed by atoms with van der Waals surface area (Å²) in [5.74, 6) is -0.100. The van der Waals surface area contributed by atoms with Crippen molar-refractivity contribution in [3.05, 3.63) is 29.8 Å². The van der Waals surface area contributed by atoms with E-state index in [9.17, 15) is 4.79 Å². The molecule has 1 aliphatic rings. The Morgan fingerprint density at radius 2 is 2.00 bits per heavy atom. The highest BCUT2D eigenvalue weighted by Gasteiger charge is 2.31. The first-order chi connectivity index (χ1) is 8.09. The summed E-state index contributed by atoms with van der Waals surface area (Å²) in [6, 6.07) is 7.42. The quantitative estimate of drug-likeness (QED) is 0.871. The van der Waals surface area contributed by atoms with Crippen LogP contribution in [0.1, 0.15) is 38.2 Å². The molecule has 0 radical (unpaired) electrons. The van der Waals surface area contributed by atoms with Crippen LogP contribution in [-0.4, -0.2) is 16.7 Å². The summed E-state index contributed by atoms with van der Waals surface area (Å²) in [6.45, 7) is 2.11. The maximum absolute atomic E-state index is 10.8. The van der Waals surface area contributed by atoms with Crippen LogP contribution in [0.5, 0.6) is 5.75 Å². The van der Waals surface area contributed by atoms with E-state index in [1.165, 1.54) is 12.8 Å². The first-order valence-electron chi connectivity index (χ1n) is 6.08. The molecule has 0 saturated heterocycles. The molecule has 92 valence electrons. The van der Waals surface area contributed by atoms with Gasteiger partial charge in [-0.1, -0.05) is 18.2 Å². The Bertz CT molecular complexity index is 406. The topological polar surface area (TPSA) is 46.5 Å². The van der Waals surface area contributed by atoms with Gasteiger partial charge in [0, 0.05) is 5.56 Å². The monoisotopic (exact) mass is 234 g/mol. The average Bonchev–Trinajstić information content (AvgIpc) is 2.67. The number of carboxylic acids is 1. The number of para-hydroxylation sites is 1. The van der Waals surface area contributed by atoms with E-state index in [1.807, 2.05) is 24.3 Å². The highest BCUT2D eigenvalue weighted by Crippen LogP contribution is 2.35. The van der Waals surface area contributed by atoms with E-state index < -0.39 is 5.97 Å². The fourth-order valence-corrected chi connectivity index (χ4v) is 2.40. The van der Waals surface area contributed by atoms with Gasteiger partial charge < -0.3 is 9.84 Å². The van der Waals surface area contributed by atoms with Gasteiger partial charge in [0.25, 0.3) is 0 Å². The van der Waals surface area contributed by atoms with E-state index in [0.29, 0.717) is 0 Å². The van der Waals surface area contributed by atoms with Crippen LogP contribution in [0.3, 0.4) is 0 Å². The van der Waals surface area contributed by atoms with Crippen LogP contribution in [-0.2, 0) is 11.2 Å². The fourth-order valence-electron chi connectivity index (χ4n) is 2.40.